The number of benzene rings is 1. The molecule has 144 valence electrons. The minimum atomic E-state index is -3.86. The molecule has 2 heterocycles. The van der Waals surface area contributed by atoms with Crippen LogP contribution >= 0.6 is 0 Å². The van der Waals surface area contributed by atoms with Gasteiger partial charge in [0.05, 0.1) is 12.2 Å². The second kappa shape index (κ2) is 7.05. The molecular formula is C17H18N2O7S. The highest BCUT2D eigenvalue weighted by molar-refractivity contribution is 7.89. The fourth-order valence-corrected chi connectivity index (χ4v) is 3.50. The minimum absolute atomic E-state index is 0.0560. The third-order valence-corrected chi connectivity index (χ3v) is 5.51. The Labute approximate surface area is 155 Å². The highest BCUT2D eigenvalue weighted by atomic mass is 32.2. The van der Waals surface area contributed by atoms with Crippen LogP contribution in [0, 0.1) is 6.92 Å². The molecule has 10 heteroatoms. The molecule has 1 aliphatic heterocycles. The van der Waals surface area contributed by atoms with Gasteiger partial charge in [-0.1, -0.05) is 6.07 Å². The molecular weight excluding hydrogens is 376 g/mol. The van der Waals surface area contributed by atoms with Crippen molar-refractivity contribution in [2.45, 2.75) is 24.5 Å². The highest BCUT2D eigenvalue weighted by Crippen LogP contribution is 2.29. The summed E-state index contributed by atoms with van der Waals surface area (Å²) in [5.41, 5.74) is 1.21. The summed E-state index contributed by atoms with van der Waals surface area (Å²) in [5, 5.41) is 11.5. The average Bonchev–Trinajstić information content (AvgIpc) is 3.25. The van der Waals surface area contributed by atoms with Crippen LogP contribution in [0.4, 0.5) is 0 Å². The third kappa shape index (κ3) is 3.67. The quantitative estimate of drug-likeness (QED) is 0.665. The van der Waals surface area contributed by atoms with Gasteiger partial charge in [-0.3, -0.25) is 4.79 Å². The van der Waals surface area contributed by atoms with E-state index in [4.69, 9.17) is 9.15 Å². The summed E-state index contributed by atoms with van der Waals surface area (Å²) in [6.07, 6.45) is 0.662. The van der Waals surface area contributed by atoms with Gasteiger partial charge in [0.1, 0.15) is 11.5 Å². The topological polar surface area (TPSA) is 135 Å². The lowest BCUT2D eigenvalue weighted by Gasteiger charge is -2.15. The average molecular weight is 394 g/mol. The fourth-order valence-electron chi connectivity index (χ4n) is 2.80. The number of amides is 1. The molecule has 9 nitrogen and oxygen atoms in total. The first kappa shape index (κ1) is 18.9. The molecule has 27 heavy (non-hydrogen) atoms. The van der Waals surface area contributed by atoms with Crippen LogP contribution in [-0.4, -0.2) is 39.1 Å². The number of rotatable bonds is 6. The zero-order valence-corrected chi connectivity index (χ0v) is 15.4. The number of furan rings is 1. The standard InChI is InChI=1S/C17H18N2O7S/c1-9-12(8-14(26-9)27(23,24)18-2)16(20)19-15(17(21)22)11-3-4-13-10(7-11)5-6-25-13/h3-4,7-8,15,18H,5-6H2,1-2H3,(H,19,20)(H,21,22). The van der Waals surface area contributed by atoms with Crippen molar-refractivity contribution in [2.24, 2.45) is 0 Å². The van der Waals surface area contributed by atoms with Gasteiger partial charge in [-0.15, -0.1) is 0 Å². The van der Waals surface area contributed by atoms with E-state index in [1.165, 1.54) is 14.0 Å². The van der Waals surface area contributed by atoms with Gasteiger partial charge in [-0.2, -0.15) is 0 Å². The number of hydrogen-bond donors (Lipinski definition) is 3. The van der Waals surface area contributed by atoms with Gasteiger partial charge >= 0.3 is 5.97 Å². The summed E-state index contributed by atoms with van der Waals surface area (Å²) in [6, 6.07) is 4.68. The molecule has 3 rings (SSSR count). The van der Waals surface area contributed by atoms with E-state index in [0.717, 1.165) is 11.6 Å². The first-order valence-corrected chi connectivity index (χ1v) is 9.54. The minimum Gasteiger partial charge on any atom is -0.493 e. The van der Waals surface area contributed by atoms with E-state index in [9.17, 15) is 23.1 Å². The van der Waals surface area contributed by atoms with Gasteiger partial charge in [0.15, 0.2) is 6.04 Å². The van der Waals surface area contributed by atoms with Crippen molar-refractivity contribution in [3.05, 3.63) is 46.7 Å². The third-order valence-electron chi connectivity index (χ3n) is 4.24. The van der Waals surface area contributed by atoms with Crippen molar-refractivity contribution in [1.29, 1.82) is 0 Å². The number of sulfonamides is 1. The van der Waals surface area contributed by atoms with Gasteiger partial charge < -0.3 is 19.6 Å². The highest BCUT2D eigenvalue weighted by Gasteiger charge is 2.28. The second-order valence-corrected chi connectivity index (χ2v) is 7.77. The number of fused-ring (bicyclic) bond motifs is 1. The van der Waals surface area contributed by atoms with Crippen LogP contribution in [0.2, 0.25) is 0 Å². The van der Waals surface area contributed by atoms with Crippen LogP contribution in [-0.2, 0) is 21.2 Å². The van der Waals surface area contributed by atoms with Gasteiger partial charge in [-0.25, -0.2) is 17.9 Å². The van der Waals surface area contributed by atoms with E-state index in [-0.39, 0.29) is 11.3 Å². The van der Waals surface area contributed by atoms with E-state index in [2.05, 4.69) is 10.0 Å². The van der Waals surface area contributed by atoms with Gasteiger partial charge in [0.2, 0.25) is 5.09 Å². The Bertz CT molecular complexity index is 1010. The molecule has 3 N–H and O–H groups in total. The molecule has 1 unspecified atom stereocenters. The second-order valence-electron chi connectivity index (χ2n) is 5.95. The summed E-state index contributed by atoms with van der Waals surface area (Å²) in [5.74, 6) is -1.24. The normalized spacial score (nSPS) is 14.3. The summed E-state index contributed by atoms with van der Waals surface area (Å²) in [7, 11) is -2.65. The van der Waals surface area contributed by atoms with Gasteiger partial charge in [-0.05, 0) is 37.2 Å². The number of hydrogen-bond acceptors (Lipinski definition) is 6. The van der Waals surface area contributed by atoms with Crippen molar-refractivity contribution in [1.82, 2.24) is 10.0 Å². The maximum Gasteiger partial charge on any atom is 0.330 e. The SMILES string of the molecule is CNS(=O)(=O)c1cc(C(=O)NC(C(=O)O)c2ccc3c(c2)CCO3)c(C)o1. The van der Waals surface area contributed by atoms with E-state index in [1.54, 1.807) is 18.2 Å². The molecule has 0 aliphatic carbocycles. The molecule has 0 saturated carbocycles. The molecule has 0 saturated heterocycles. The molecule has 1 aliphatic rings. The maximum absolute atomic E-state index is 12.5. The van der Waals surface area contributed by atoms with Crippen molar-refractivity contribution in [2.75, 3.05) is 13.7 Å². The molecule has 0 radical (unpaired) electrons. The summed E-state index contributed by atoms with van der Waals surface area (Å²) in [4.78, 5) is 24.2. The number of carboxylic acid groups (broad SMARTS) is 1. The van der Waals surface area contributed by atoms with Crippen LogP contribution in [0.1, 0.15) is 33.3 Å². The van der Waals surface area contributed by atoms with Crippen LogP contribution in [0.25, 0.3) is 0 Å². The fraction of sp³-hybridized carbons (Fsp3) is 0.294. The molecule has 1 amide bonds. The zero-order chi connectivity index (χ0) is 19.8. The summed E-state index contributed by atoms with van der Waals surface area (Å²) >= 11 is 0. The molecule has 0 bridgehead atoms. The van der Waals surface area contributed by atoms with Crippen molar-refractivity contribution >= 4 is 21.9 Å². The lowest BCUT2D eigenvalue weighted by molar-refractivity contribution is -0.139. The Morgan fingerprint density at radius 1 is 1.26 bits per heavy atom. The molecule has 1 atom stereocenters. The first-order valence-electron chi connectivity index (χ1n) is 8.06. The number of aliphatic carboxylic acids is 1. The number of nitrogens with one attached hydrogen (secondary N) is 2. The summed E-state index contributed by atoms with van der Waals surface area (Å²) in [6.45, 7) is 1.95. The monoisotopic (exact) mass is 394 g/mol. The number of carbonyl (C=O) groups excluding carboxylic acids is 1. The van der Waals surface area contributed by atoms with Crippen LogP contribution < -0.4 is 14.8 Å². The Hall–Kier alpha value is -2.85. The molecule has 0 spiro atoms. The van der Waals surface area contributed by atoms with E-state index >= 15 is 0 Å². The molecule has 2 aromatic rings. The Morgan fingerprint density at radius 3 is 2.67 bits per heavy atom. The lowest BCUT2D eigenvalue weighted by Crippen LogP contribution is -2.34. The Balaban J connectivity index is 1.88. The molecule has 1 aromatic heterocycles. The Kier molecular flexibility index (Phi) is 4.94. The smallest absolute Gasteiger partial charge is 0.330 e. The maximum atomic E-state index is 12.5. The number of carboxylic acids is 1. The Morgan fingerprint density at radius 2 is 2.00 bits per heavy atom. The number of ether oxygens (including phenoxy) is 1. The summed E-state index contributed by atoms with van der Waals surface area (Å²) < 4.78 is 36.2. The van der Waals surface area contributed by atoms with Crippen LogP contribution in [0.3, 0.4) is 0 Å². The van der Waals surface area contributed by atoms with Gasteiger partial charge in [0, 0.05) is 12.5 Å². The van der Waals surface area contributed by atoms with E-state index in [0.29, 0.717) is 24.3 Å². The van der Waals surface area contributed by atoms with E-state index in [1.807, 2.05) is 0 Å². The largest absolute Gasteiger partial charge is 0.493 e. The van der Waals surface area contributed by atoms with Gasteiger partial charge in [0.25, 0.3) is 15.9 Å². The molecule has 1 aromatic carbocycles. The van der Waals surface area contributed by atoms with Crippen molar-refractivity contribution < 1.29 is 32.3 Å². The van der Waals surface area contributed by atoms with E-state index < -0.39 is 33.0 Å². The zero-order valence-electron chi connectivity index (χ0n) is 14.6. The van der Waals surface area contributed by atoms with Crippen LogP contribution in [0.15, 0.2) is 33.8 Å². The molecule has 0 fully saturated rings. The number of carbonyl (C=O) groups is 2. The van der Waals surface area contributed by atoms with Crippen molar-refractivity contribution in [3.63, 3.8) is 0 Å². The lowest BCUT2D eigenvalue weighted by atomic mass is 10.0. The first-order chi connectivity index (χ1) is 12.7. The predicted molar refractivity (Wildman–Crippen MR) is 93.2 cm³/mol. The van der Waals surface area contributed by atoms with Crippen LogP contribution in [0.5, 0.6) is 5.75 Å². The van der Waals surface area contributed by atoms with Crippen molar-refractivity contribution in [3.8, 4) is 5.75 Å². The predicted octanol–water partition coefficient (Wildman–Crippen LogP) is 0.987. The number of aryl methyl sites for hydroxylation is 1.